The van der Waals surface area contributed by atoms with Gasteiger partial charge in [-0.2, -0.15) is 0 Å². The van der Waals surface area contributed by atoms with Gasteiger partial charge in [0, 0.05) is 6.04 Å². The second kappa shape index (κ2) is 6.47. The maximum Gasteiger partial charge on any atom is 0.126 e. The van der Waals surface area contributed by atoms with E-state index in [-0.39, 0.29) is 11.6 Å². The van der Waals surface area contributed by atoms with Crippen molar-refractivity contribution in [2.75, 3.05) is 6.54 Å². The molecule has 0 aliphatic heterocycles. The van der Waals surface area contributed by atoms with Crippen LogP contribution in [-0.2, 0) is 6.42 Å². The molecule has 0 aromatic heterocycles. The van der Waals surface area contributed by atoms with E-state index >= 15 is 0 Å². The Balaban J connectivity index is 2.11. The molecule has 1 N–H and O–H groups in total. The first-order valence-electron chi connectivity index (χ1n) is 7.27. The lowest BCUT2D eigenvalue weighted by molar-refractivity contribution is 0.213. The van der Waals surface area contributed by atoms with E-state index in [2.05, 4.69) is 19.2 Å². The van der Waals surface area contributed by atoms with Gasteiger partial charge in [0.15, 0.2) is 0 Å². The minimum absolute atomic E-state index is 0.283. The van der Waals surface area contributed by atoms with Gasteiger partial charge in [-0.05, 0) is 67.8 Å². The van der Waals surface area contributed by atoms with Crippen LogP contribution in [0.4, 0.5) is 8.78 Å². The van der Waals surface area contributed by atoms with Crippen LogP contribution in [0.1, 0.15) is 38.7 Å². The first-order chi connectivity index (χ1) is 9.10. The monoisotopic (exact) mass is 267 g/mol. The van der Waals surface area contributed by atoms with Gasteiger partial charge in [-0.1, -0.05) is 13.8 Å². The third kappa shape index (κ3) is 3.75. The van der Waals surface area contributed by atoms with Gasteiger partial charge >= 0.3 is 0 Å². The van der Waals surface area contributed by atoms with Gasteiger partial charge in [0.1, 0.15) is 11.6 Å². The molecule has 0 saturated heterocycles. The summed E-state index contributed by atoms with van der Waals surface area (Å²) < 4.78 is 27.0. The molecule has 1 fully saturated rings. The highest BCUT2D eigenvalue weighted by atomic mass is 19.1. The summed E-state index contributed by atoms with van der Waals surface area (Å²) in [6.07, 6.45) is 4.08. The lowest BCUT2D eigenvalue weighted by Gasteiger charge is -2.35. The Bertz CT molecular complexity index is 419. The molecule has 0 heterocycles. The summed E-state index contributed by atoms with van der Waals surface area (Å²) in [6, 6.07) is 4.20. The molecule has 3 unspecified atom stereocenters. The Hall–Kier alpha value is -0.960. The summed E-state index contributed by atoms with van der Waals surface area (Å²) in [4.78, 5) is 0. The molecular weight excluding hydrogens is 244 g/mol. The van der Waals surface area contributed by atoms with Crippen molar-refractivity contribution in [2.24, 2.45) is 11.8 Å². The SMILES string of the molecule is CCNC1CCC(C)CC1Cc1cc(F)ccc1F. The molecule has 3 heteroatoms. The summed E-state index contributed by atoms with van der Waals surface area (Å²) >= 11 is 0. The average Bonchev–Trinajstić information content (AvgIpc) is 2.37. The highest BCUT2D eigenvalue weighted by Crippen LogP contribution is 2.32. The van der Waals surface area contributed by atoms with Crippen molar-refractivity contribution in [3.63, 3.8) is 0 Å². The van der Waals surface area contributed by atoms with E-state index in [1.165, 1.54) is 24.6 Å². The predicted octanol–water partition coefficient (Wildman–Crippen LogP) is 3.92. The molecule has 19 heavy (non-hydrogen) atoms. The van der Waals surface area contributed by atoms with Gasteiger partial charge < -0.3 is 5.32 Å². The topological polar surface area (TPSA) is 12.0 Å². The molecule has 1 aliphatic carbocycles. The molecule has 1 aliphatic rings. The number of benzene rings is 1. The van der Waals surface area contributed by atoms with Gasteiger partial charge in [0.25, 0.3) is 0 Å². The fraction of sp³-hybridized carbons (Fsp3) is 0.625. The molecular formula is C16H23F2N. The van der Waals surface area contributed by atoms with E-state index in [1.807, 2.05) is 0 Å². The van der Waals surface area contributed by atoms with Crippen molar-refractivity contribution in [2.45, 2.75) is 45.6 Å². The maximum absolute atomic E-state index is 13.7. The van der Waals surface area contributed by atoms with Crippen LogP contribution >= 0.6 is 0 Å². The summed E-state index contributed by atoms with van der Waals surface area (Å²) in [5, 5.41) is 3.49. The third-order valence-electron chi connectivity index (χ3n) is 4.20. The van der Waals surface area contributed by atoms with Gasteiger partial charge in [0.05, 0.1) is 0 Å². The van der Waals surface area contributed by atoms with E-state index < -0.39 is 0 Å². The Morgan fingerprint density at radius 3 is 2.79 bits per heavy atom. The van der Waals surface area contributed by atoms with Crippen LogP contribution in [0.15, 0.2) is 18.2 Å². The molecule has 2 rings (SSSR count). The fourth-order valence-electron chi connectivity index (χ4n) is 3.24. The van der Waals surface area contributed by atoms with Crippen molar-refractivity contribution in [3.05, 3.63) is 35.4 Å². The number of hydrogen-bond donors (Lipinski definition) is 1. The van der Waals surface area contributed by atoms with Crippen LogP contribution in [0.3, 0.4) is 0 Å². The highest BCUT2D eigenvalue weighted by molar-refractivity contribution is 5.19. The molecule has 0 radical (unpaired) electrons. The molecule has 1 nitrogen and oxygen atoms in total. The van der Waals surface area contributed by atoms with Gasteiger partial charge in [-0.3, -0.25) is 0 Å². The largest absolute Gasteiger partial charge is 0.314 e. The van der Waals surface area contributed by atoms with Gasteiger partial charge in [-0.25, -0.2) is 8.78 Å². The third-order valence-corrected chi connectivity index (χ3v) is 4.20. The molecule has 0 amide bonds. The van der Waals surface area contributed by atoms with E-state index in [1.54, 1.807) is 0 Å². The van der Waals surface area contributed by atoms with Gasteiger partial charge in [0.2, 0.25) is 0 Å². The second-order valence-electron chi connectivity index (χ2n) is 5.78. The zero-order valence-corrected chi connectivity index (χ0v) is 11.8. The molecule has 1 aromatic rings. The van der Waals surface area contributed by atoms with Crippen LogP contribution in [0.5, 0.6) is 0 Å². The summed E-state index contributed by atoms with van der Waals surface area (Å²) in [5.74, 6) is 0.451. The number of rotatable bonds is 4. The average molecular weight is 267 g/mol. The highest BCUT2D eigenvalue weighted by Gasteiger charge is 2.28. The summed E-state index contributed by atoms with van der Waals surface area (Å²) in [5.41, 5.74) is 0.516. The summed E-state index contributed by atoms with van der Waals surface area (Å²) in [7, 11) is 0. The Morgan fingerprint density at radius 1 is 1.26 bits per heavy atom. The van der Waals surface area contributed by atoms with Crippen molar-refractivity contribution in [1.82, 2.24) is 5.32 Å². The zero-order valence-electron chi connectivity index (χ0n) is 11.8. The minimum atomic E-state index is -0.347. The van der Waals surface area contributed by atoms with Crippen molar-refractivity contribution in [3.8, 4) is 0 Å². The lowest BCUT2D eigenvalue weighted by Crippen LogP contribution is -2.41. The maximum atomic E-state index is 13.7. The molecule has 0 bridgehead atoms. The first kappa shape index (κ1) is 14.4. The number of nitrogens with one attached hydrogen (secondary N) is 1. The van der Waals surface area contributed by atoms with Crippen molar-refractivity contribution in [1.29, 1.82) is 0 Å². The molecule has 1 aromatic carbocycles. The molecule has 106 valence electrons. The van der Waals surface area contributed by atoms with E-state index in [0.29, 0.717) is 29.9 Å². The van der Waals surface area contributed by atoms with E-state index in [9.17, 15) is 8.78 Å². The fourth-order valence-corrected chi connectivity index (χ4v) is 3.24. The Morgan fingerprint density at radius 2 is 2.05 bits per heavy atom. The first-order valence-corrected chi connectivity index (χ1v) is 7.27. The Labute approximate surface area is 114 Å². The standard InChI is InChI=1S/C16H23F2N/c1-3-19-16-7-4-11(2)8-13(16)9-12-10-14(17)5-6-15(12)18/h5-6,10-11,13,16,19H,3-4,7-9H2,1-2H3. The van der Waals surface area contributed by atoms with Crippen molar-refractivity contribution >= 4 is 0 Å². The van der Waals surface area contributed by atoms with Crippen LogP contribution in [0, 0.1) is 23.5 Å². The smallest absolute Gasteiger partial charge is 0.126 e. The Kier molecular flexibility index (Phi) is 4.92. The lowest BCUT2D eigenvalue weighted by atomic mass is 9.76. The van der Waals surface area contributed by atoms with Crippen LogP contribution in [-0.4, -0.2) is 12.6 Å². The summed E-state index contributed by atoms with van der Waals surface area (Å²) in [6.45, 7) is 5.27. The van der Waals surface area contributed by atoms with E-state index in [4.69, 9.17) is 0 Å². The molecule has 3 atom stereocenters. The molecule has 1 saturated carbocycles. The normalized spacial score (nSPS) is 27.5. The van der Waals surface area contributed by atoms with Crippen molar-refractivity contribution < 1.29 is 8.78 Å². The quantitative estimate of drug-likeness (QED) is 0.871. The zero-order chi connectivity index (χ0) is 13.8. The van der Waals surface area contributed by atoms with Crippen LogP contribution in [0.2, 0.25) is 0 Å². The second-order valence-corrected chi connectivity index (χ2v) is 5.78. The number of halogens is 2. The van der Waals surface area contributed by atoms with Crippen LogP contribution in [0.25, 0.3) is 0 Å². The minimum Gasteiger partial charge on any atom is -0.314 e. The predicted molar refractivity (Wildman–Crippen MR) is 74.0 cm³/mol. The van der Waals surface area contributed by atoms with Gasteiger partial charge in [-0.15, -0.1) is 0 Å². The number of hydrogen-bond acceptors (Lipinski definition) is 1. The van der Waals surface area contributed by atoms with E-state index in [0.717, 1.165) is 19.4 Å². The van der Waals surface area contributed by atoms with Crippen LogP contribution < -0.4 is 5.32 Å². The molecule has 0 spiro atoms.